The Kier molecular flexibility index (Phi) is 8.34. The molecule has 5 rings (SSSR count). The normalized spacial score (nSPS) is 13.2. The molecule has 0 saturated carbocycles. The number of benzene rings is 2. The number of ether oxygens (including phenoxy) is 3. The monoisotopic (exact) mass is 576 g/mol. The number of nitrogens with one attached hydrogen (secondary N) is 1. The third-order valence-electron chi connectivity index (χ3n) is 6.60. The number of fused-ring (bicyclic) bond motifs is 1. The van der Waals surface area contributed by atoms with Gasteiger partial charge in [-0.2, -0.15) is 4.98 Å². The summed E-state index contributed by atoms with van der Waals surface area (Å²) < 4.78 is 16.5. The van der Waals surface area contributed by atoms with Gasteiger partial charge in [-0.05, 0) is 54.6 Å². The lowest BCUT2D eigenvalue weighted by Gasteiger charge is -2.35. The number of pyridine rings is 1. The number of hydrogen-bond acceptors (Lipinski definition) is 9. The van der Waals surface area contributed by atoms with Crippen molar-refractivity contribution < 1.29 is 23.8 Å². The largest absolute Gasteiger partial charge is 0.493 e. The van der Waals surface area contributed by atoms with Crippen molar-refractivity contribution >= 4 is 46.2 Å². The minimum Gasteiger partial charge on any atom is -0.493 e. The summed E-state index contributed by atoms with van der Waals surface area (Å²) in [6.45, 7) is 3.31. The maximum Gasteiger partial charge on any atom is 0.260 e. The van der Waals surface area contributed by atoms with E-state index in [2.05, 4.69) is 15.3 Å². The van der Waals surface area contributed by atoms with E-state index in [4.69, 9.17) is 30.8 Å². The third kappa shape index (κ3) is 6.41. The molecule has 0 unspecified atom stereocenters. The van der Waals surface area contributed by atoms with Crippen LogP contribution in [0.15, 0.2) is 54.6 Å². The molecule has 1 N–H and O–H groups in total. The number of nitrogens with zero attached hydrogens (tertiary/aromatic N) is 5. The smallest absolute Gasteiger partial charge is 0.260 e. The second kappa shape index (κ2) is 12.3. The minimum atomic E-state index is -0.277. The van der Waals surface area contributed by atoms with E-state index in [9.17, 15) is 9.59 Å². The molecule has 0 spiro atoms. The molecule has 0 bridgehead atoms. The van der Waals surface area contributed by atoms with E-state index in [1.807, 2.05) is 35.2 Å². The van der Waals surface area contributed by atoms with Crippen LogP contribution >= 0.6 is 11.6 Å². The fourth-order valence-corrected chi connectivity index (χ4v) is 4.65. The number of carbonyl (C=O) groups is 2. The molecular formula is C29H29ClN6O5. The van der Waals surface area contributed by atoms with E-state index >= 15 is 0 Å². The summed E-state index contributed by atoms with van der Waals surface area (Å²) in [5, 5.41) is 3.28. The SMILES string of the molecule is COc1ccc(-c2ccc3nc(NC(C)=O)nc(N4CCN(C(=O)COc5ccc(Cl)cc5)CC4)c3n2)cc1OC. The summed E-state index contributed by atoms with van der Waals surface area (Å²) in [5.41, 5.74) is 2.69. The minimum absolute atomic E-state index is 0.0685. The van der Waals surface area contributed by atoms with Crippen molar-refractivity contribution in [2.75, 3.05) is 57.2 Å². The Morgan fingerprint density at radius 2 is 1.63 bits per heavy atom. The second-order valence-corrected chi connectivity index (χ2v) is 9.73. The van der Waals surface area contributed by atoms with Crippen LogP contribution in [0.3, 0.4) is 0 Å². The maximum absolute atomic E-state index is 12.8. The van der Waals surface area contributed by atoms with E-state index in [-0.39, 0.29) is 24.4 Å². The fraction of sp³-hybridized carbons (Fsp3) is 0.276. The Hall–Kier alpha value is -4.64. The first kappa shape index (κ1) is 27.9. The molecule has 1 fully saturated rings. The van der Waals surface area contributed by atoms with Gasteiger partial charge >= 0.3 is 0 Å². The zero-order chi connectivity index (χ0) is 28.9. The van der Waals surface area contributed by atoms with Crippen LogP contribution in [0.4, 0.5) is 11.8 Å². The molecule has 2 aromatic carbocycles. The van der Waals surface area contributed by atoms with Gasteiger partial charge < -0.3 is 24.0 Å². The van der Waals surface area contributed by atoms with Gasteiger partial charge in [0, 0.05) is 43.7 Å². The molecule has 0 radical (unpaired) electrons. The Morgan fingerprint density at radius 3 is 2.32 bits per heavy atom. The van der Waals surface area contributed by atoms with Gasteiger partial charge in [0.2, 0.25) is 11.9 Å². The topological polar surface area (TPSA) is 119 Å². The molecule has 0 aliphatic carbocycles. The van der Waals surface area contributed by atoms with Crippen LogP contribution in [0, 0.1) is 0 Å². The Labute approximate surface area is 242 Å². The third-order valence-corrected chi connectivity index (χ3v) is 6.85. The summed E-state index contributed by atoms with van der Waals surface area (Å²) in [7, 11) is 3.17. The summed E-state index contributed by atoms with van der Waals surface area (Å²) in [4.78, 5) is 42.5. The predicted octanol–water partition coefficient (Wildman–Crippen LogP) is 4.05. The van der Waals surface area contributed by atoms with Crippen molar-refractivity contribution in [2.45, 2.75) is 6.92 Å². The van der Waals surface area contributed by atoms with Crippen molar-refractivity contribution in [1.29, 1.82) is 0 Å². The number of methoxy groups -OCH3 is 2. The van der Waals surface area contributed by atoms with E-state index in [0.29, 0.717) is 71.0 Å². The van der Waals surface area contributed by atoms with Gasteiger partial charge in [0.1, 0.15) is 11.3 Å². The number of hydrogen-bond donors (Lipinski definition) is 1. The predicted molar refractivity (Wildman–Crippen MR) is 156 cm³/mol. The highest BCUT2D eigenvalue weighted by Crippen LogP contribution is 2.33. The Morgan fingerprint density at radius 1 is 0.902 bits per heavy atom. The molecular weight excluding hydrogens is 548 g/mol. The molecule has 1 aliphatic heterocycles. The maximum atomic E-state index is 12.8. The van der Waals surface area contributed by atoms with Crippen molar-refractivity contribution in [2.24, 2.45) is 0 Å². The van der Waals surface area contributed by atoms with Crippen molar-refractivity contribution in [3.63, 3.8) is 0 Å². The van der Waals surface area contributed by atoms with Gasteiger partial charge in [-0.25, -0.2) is 9.97 Å². The van der Waals surface area contributed by atoms with Crippen LogP contribution in [0.5, 0.6) is 17.2 Å². The quantitative estimate of drug-likeness (QED) is 0.331. The zero-order valence-corrected chi connectivity index (χ0v) is 23.6. The lowest BCUT2D eigenvalue weighted by Crippen LogP contribution is -2.50. The van der Waals surface area contributed by atoms with Gasteiger partial charge in [-0.1, -0.05) is 11.6 Å². The Balaban J connectivity index is 1.38. The molecule has 212 valence electrons. The van der Waals surface area contributed by atoms with E-state index in [0.717, 1.165) is 5.56 Å². The highest BCUT2D eigenvalue weighted by Gasteiger charge is 2.25. The zero-order valence-electron chi connectivity index (χ0n) is 22.9. The van der Waals surface area contributed by atoms with Crippen LogP contribution in [0.2, 0.25) is 5.02 Å². The van der Waals surface area contributed by atoms with Crippen molar-refractivity contribution in [3.8, 4) is 28.5 Å². The number of anilines is 2. The molecule has 11 nitrogen and oxygen atoms in total. The van der Waals surface area contributed by atoms with Gasteiger partial charge in [0.05, 0.1) is 25.4 Å². The average Bonchev–Trinajstić information content (AvgIpc) is 2.99. The van der Waals surface area contributed by atoms with Crippen LogP contribution in [0.1, 0.15) is 6.92 Å². The lowest BCUT2D eigenvalue weighted by molar-refractivity contribution is -0.133. The first-order chi connectivity index (χ1) is 19.8. The lowest BCUT2D eigenvalue weighted by atomic mass is 10.1. The van der Waals surface area contributed by atoms with Crippen LogP contribution in [-0.2, 0) is 9.59 Å². The van der Waals surface area contributed by atoms with Gasteiger partial charge in [-0.15, -0.1) is 0 Å². The van der Waals surface area contributed by atoms with Crippen LogP contribution < -0.4 is 24.4 Å². The first-order valence-corrected chi connectivity index (χ1v) is 13.3. The number of amides is 2. The summed E-state index contributed by atoms with van der Waals surface area (Å²) >= 11 is 5.92. The van der Waals surface area contributed by atoms with Crippen LogP contribution in [0.25, 0.3) is 22.3 Å². The standard InChI is InChI=1S/C29H29ClN6O5/c1-18(37)31-29-33-23-10-9-22(19-4-11-24(39-2)25(16-19)40-3)32-27(23)28(34-29)36-14-12-35(13-15-36)26(38)17-41-21-7-5-20(30)6-8-21/h4-11,16H,12-15,17H2,1-3H3,(H,31,33,34,37). The van der Waals surface area contributed by atoms with Crippen molar-refractivity contribution in [1.82, 2.24) is 19.9 Å². The molecule has 1 saturated heterocycles. The summed E-state index contributed by atoms with van der Waals surface area (Å²) in [6, 6.07) is 16.2. The molecule has 4 aromatic rings. The fourth-order valence-electron chi connectivity index (χ4n) is 4.52. The number of rotatable bonds is 8. The molecule has 3 heterocycles. The molecule has 2 amide bonds. The molecule has 1 aliphatic rings. The van der Waals surface area contributed by atoms with E-state index in [1.54, 1.807) is 43.4 Å². The molecule has 12 heteroatoms. The number of piperazine rings is 1. The summed E-state index contributed by atoms with van der Waals surface area (Å²) in [5.74, 6) is 2.16. The molecule has 0 atom stereocenters. The number of carbonyl (C=O) groups excluding carboxylic acids is 2. The average molecular weight is 577 g/mol. The van der Waals surface area contributed by atoms with Gasteiger partial charge in [0.25, 0.3) is 5.91 Å². The summed E-state index contributed by atoms with van der Waals surface area (Å²) in [6.07, 6.45) is 0. The van der Waals surface area contributed by atoms with Gasteiger partial charge in [-0.3, -0.25) is 14.9 Å². The van der Waals surface area contributed by atoms with E-state index < -0.39 is 0 Å². The number of aromatic nitrogens is 3. The van der Waals surface area contributed by atoms with Crippen molar-refractivity contribution in [3.05, 3.63) is 59.6 Å². The molecule has 2 aromatic heterocycles. The highest BCUT2D eigenvalue weighted by molar-refractivity contribution is 6.30. The molecule has 41 heavy (non-hydrogen) atoms. The Bertz CT molecular complexity index is 1570. The van der Waals surface area contributed by atoms with Gasteiger partial charge in [0.15, 0.2) is 23.9 Å². The highest BCUT2D eigenvalue weighted by atomic mass is 35.5. The van der Waals surface area contributed by atoms with Crippen LogP contribution in [-0.4, -0.2) is 78.7 Å². The number of halogens is 1. The van der Waals surface area contributed by atoms with E-state index in [1.165, 1.54) is 6.92 Å². The first-order valence-electron chi connectivity index (χ1n) is 12.9. The second-order valence-electron chi connectivity index (χ2n) is 9.30.